The normalized spacial score (nSPS) is 26.0. The lowest BCUT2D eigenvalue weighted by Gasteiger charge is -2.21. The minimum absolute atomic E-state index is 0.0747. The molecule has 0 aliphatic carbocycles. The lowest BCUT2D eigenvalue weighted by Crippen LogP contribution is -2.17. The second-order valence-electron chi connectivity index (χ2n) is 7.60. The van der Waals surface area contributed by atoms with Gasteiger partial charge in [-0.3, -0.25) is 4.79 Å². The van der Waals surface area contributed by atoms with Crippen LogP contribution < -0.4 is 0 Å². The van der Waals surface area contributed by atoms with Crippen LogP contribution >= 0.6 is 55.0 Å². The van der Waals surface area contributed by atoms with E-state index in [2.05, 4.69) is 51.8 Å². The highest BCUT2D eigenvalue weighted by Gasteiger charge is 2.46. The minimum atomic E-state index is -3.78. The number of thioether (sulfide) groups is 1. The van der Waals surface area contributed by atoms with E-state index in [0.29, 0.717) is 13.5 Å². The molecule has 0 N–H and O–H groups in total. The van der Waals surface area contributed by atoms with Gasteiger partial charge in [-0.05, 0) is 68.5 Å². The number of carbonyl (C=O) groups excluding carboxylic acids is 1. The summed E-state index contributed by atoms with van der Waals surface area (Å²) in [5, 5.41) is 0. The first kappa shape index (κ1) is 22.8. The molecule has 3 rings (SSSR count). The summed E-state index contributed by atoms with van der Waals surface area (Å²) < 4.78 is 26.7. The quantitative estimate of drug-likeness (QED) is 0.320. The maximum Gasteiger partial charge on any atom is 0.212 e. The van der Waals surface area contributed by atoms with Crippen LogP contribution in [0.3, 0.4) is 0 Å². The van der Waals surface area contributed by atoms with Crippen molar-refractivity contribution in [2.24, 2.45) is 5.92 Å². The molecule has 0 spiro atoms. The Labute approximate surface area is 192 Å². The third-order valence-electron chi connectivity index (χ3n) is 5.36. The Morgan fingerprint density at radius 2 is 2.00 bits per heavy atom. The lowest BCUT2D eigenvalue weighted by molar-refractivity contribution is 0.104. The number of sulfone groups is 1. The Bertz CT molecular complexity index is 960. The van der Waals surface area contributed by atoms with Gasteiger partial charge in [0, 0.05) is 4.75 Å². The van der Waals surface area contributed by atoms with E-state index in [-0.39, 0.29) is 15.4 Å². The Hall–Kier alpha value is 0.110. The van der Waals surface area contributed by atoms with E-state index >= 15 is 0 Å². The highest BCUT2D eigenvalue weighted by atomic mass is 79.9. The summed E-state index contributed by atoms with van der Waals surface area (Å²) in [6, 6.07) is 0. The van der Waals surface area contributed by atoms with Crippen LogP contribution in [-0.4, -0.2) is 18.9 Å². The van der Waals surface area contributed by atoms with Gasteiger partial charge >= 0.3 is 0 Å². The molecular formula is C20H24Br2O3S3. The number of allylic oxidation sites excluding steroid dienone is 3. The lowest BCUT2D eigenvalue weighted by atomic mass is 9.95. The first-order valence-corrected chi connectivity index (χ1v) is 14.2. The zero-order valence-electron chi connectivity index (χ0n) is 16.2. The van der Waals surface area contributed by atoms with E-state index in [4.69, 9.17) is 0 Å². The Morgan fingerprint density at radius 3 is 2.61 bits per heavy atom. The summed E-state index contributed by atoms with van der Waals surface area (Å²) in [4.78, 5) is 14.2. The molecule has 0 saturated carbocycles. The first-order chi connectivity index (χ1) is 13.1. The van der Waals surface area contributed by atoms with Crippen molar-refractivity contribution in [3.05, 3.63) is 35.1 Å². The van der Waals surface area contributed by atoms with Crippen molar-refractivity contribution < 1.29 is 13.2 Å². The summed E-state index contributed by atoms with van der Waals surface area (Å²) >= 11 is 9.59. The molecule has 2 atom stereocenters. The van der Waals surface area contributed by atoms with Crippen LogP contribution in [0.4, 0.5) is 0 Å². The molecule has 3 nitrogen and oxygen atoms in total. The number of rotatable bonds is 7. The monoisotopic (exact) mass is 566 g/mol. The maximum absolute atomic E-state index is 13.0. The molecule has 154 valence electrons. The molecule has 0 radical (unpaired) electrons. The Morgan fingerprint density at radius 1 is 1.29 bits per heavy atom. The molecule has 1 aromatic rings. The second-order valence-corrected chi connectivity index (χ2v) is 14.8. The highest BCUT2D eigenvalue weighted by molar-refractivity contribution is 9.12. The molecule has 2 aliphatic rings. The van der Waals surface area contributed by atoms with Gasteiger partial charge in [-0.25, -0.2) is 8.42 Å². The van der Waals surface area contributed by atoms with Crippen molar-refractivity contribution in [2.75, 3.05) is 0 Å². The summed E-state index contributed by atoms with van der Waals surface area (Å²) in [6.45, 7) is 6.48. The van der Waals surface area contributed by atoms with E-state index in [1.54, 1.807) is 17.8 Å². The van der Waals surface area contributed by atoms with Crippen LogP contribution in [0.1, 0.15) is 69.7 Å². The molecule has 0 bridgehead atoms. The van der Waals surface area contributed by atoms with E-state index in [1.807, 2.05) is 6.92 Å². The summed E-state index contributed by atoms with van der Waals surface area (Å²) in [7, 11) is -3.78. The average Bonchev–Trinajstić information content (AvgIpc) is 3.21. The van der Waals surface area contributed by atoms with Crippen LogP contribution in [0.15, 0.2) is 34.4 Å². The van der Waals surface area contributed by atoms with E-state index in [0.717, 1.165) is 19.3 Å². The largest absolute Gasteiger partial charge is 0.288 e. The van der Waals surface area contributed by atoms with Gasteiger partial charge in [-0.2, -0.15) is 0 Å². The molecule has 28 heavy (non-hydrogen) atoms. The van der Waals surface area contributed by atoms with Crippen molar-refractivity contribution in [3.8, 4) is 0 Å². The van der Waals surface area contributed by atoms with Crippen LogP contribution in [0.2, 0.25) is 0 Å². The maximum atomic E-state index is 13.0. The molecule has 2 aliphatic heterocycles. The predicted octanol–water partition coefficient (Wildman–Crippen LogP) is 7.51. The number of thiophene rings is 1. The molecule has 8 heteroatoms. The number of ketones is 1. The van der Waals surface area contributed by atoms with E-state index in [9.17, 15) is 13.2 Å². The van der Waals surface area contributed by atoms with Gasteiger partial charge in [0.25, 0.3) is 0 Å². The fourth-order valence-corrected chi connectivity index (χ4v) is 11.0. The van der Waals surface area contributed by atoms with Crippen molar-refractivity contribution in [3.63, 3.8) is 0 Å². The molecule has 1 aromatic heterocycles. The first-order valence-electron chi connectivity index (χ1n) is 9.51. The van der Waals surface area contributed by atoms with Gasteiger partial charge in [0.15, 0.2) is 0 Å². The Balaban J connectivity index is 1.81. The van der Waals surface area contributed by atoms with Crippen LogP contribution in [-0.2, 0) is 9.84 Å². The van der Waals surface area contributed by atoms with Gasteiger partial charge in [0.05, 0.1) is 13.1 Å². The summed E-state index contributed by atoms with van der Waals surface area (Å²) in [5.74, 6) is 0.276. The number of Topliss-reactive ketones (excluding diaryl/α,β-unsaturated/α-hetero) is 1. The highest BCUT2D eigenvalue weighted by Crippen LogP contribution is 2.51. The van der Waals surface area contributed by atoms with Gasteiger partial charge in [0.1, 0.15) is 9.80 Å². The summed E-state index contributed by atoms with van der Waals surface area (Å²) in [6.07, 6.45) is 10.6. The van der Waals surface area contributed by atoms with Crippen molar-refractivity contribution in [1.29, 1.82) is 0 Å². The SMILES string of the molecule is CCCCC(CC)CC1=CC[C@](C)(/C=C2/C(=O)c3c(Br)sc(Br)c3S2(=O)=O)S1. The van der Waals surface area contributed by atoms with Crippen LogP contribution in [0, 0.1) is 5.92 Å². The number of hydrogen-bond acceptors (Lipinski definition) is 5. The molecule has 3 heterocycles. The third-order valence-corrected chi connectivity index (χ3v) is 11.5. The topological polar surface area (TPSA) is 51.2 Å². The molecule has 0 saturated heterocycles. The number of halogens is 2. The van der Waals surface area contributed by atoms with Crippen molar-refractivity contribution in [2.45, 2.75) is 68.9 Å². The fourth-order valence-electron chi connectivity index (χ4n) is 3.71. The number of carbonyl (C=O) groups is 1. The molecule has 0 aromatic carbocycles. The third kappa shape index (κ3) is 4.27. The van der Waals surface area contributed by atoms with Crippen molar-refractivity contribution in [1.82, 2.24) is 0 Å². The molecule has 0 fully saturated rings. The number of unbranched alkanes of at least 4 members (excludes halogenated alkanes) is 1. The van der Waals surface area contributed by atoms with Gasteiger partial charge in [-0.1, -0.05) is 45.6 Å². The standard InChI is InChI=1S/C20H24Br2O3S3/c1-4-6-7-12(5-2)10-13-8-9-20(3,27-13)11-14-16(23)15-17(28(14,24)25)19(22)26-18(15)21/h8,11-12H,4-7,9-10H2,1-3H3/b14-11-/t12?,20-/m1/s1. The second kappa shape index (κ2) is 8.69. The number of fused-ring (bicyclic) bond motifs is 1. The fraction of sp³-hybridized carbons (Fsp3) is 0.550. The van der Waals surface area contributed by atoms with E-state index < -0.39 is 20.4 Å². The molecule has 1 unspecified atom stereocenters. The average molecular weight is 568 g/mol. The minimum Gasteiger partial charge on any atom is -0.288 e. The molecule has 0 amide bonds. The molecular weight excluding hydrogens is 544 g/mol. The Kier molecular flexibility index (Phi) is 7.07. The van der Waals surface area contributed by atoms with Gasteiger partial charge in [-0.15, -0.1) is 23.1 Å². The smallest absolute Gasteiger partial charge is 0.212 e. The van der Waals surface area contributed by atoms with Gasteiger partial charge < -0.3 is 0 Å². The van der Waals surface area contributed by atoms with Crippen molar-refractivity contribution >= 4 is 70.6 Å². The van der Waals surface area contributed by atoms with Crippen LogP contribution in [0.5, 0.6) is 0 Å². The zero-order valence-corrected chi connectivity index (χ0v) is 21.8. The zero-order chi connectivity index (χ0) is 20.7. The summed E-state index contributed by atoms with van der Waals surface area (Å²) in [5.41, 5.74) is 0.272. The van der Waals surface area contributed by atoms with E-state index in [1.165, 1.54) is 35.5 Å². The predicted molar refractivity (Wildman–Crippen MR) is 126 cm³/mol. The van der Waals surface area contributed by atoms with Crippen LogP contribution in [0.25, 0.3) is 0 Å². The van der Waals surface area contributed by atoms with Gasteiger partial charge in [0.2, 0.25) is 15.6 Å². The number of hydrogen-bond donors (Lipinski definition) is 0.